The van der Waals surface area contributed by atoms with Crippen LogP contribution < -0.4 is 4.74 Å². The van der Waals surface area contributed by atoms with E-state index in [0.29, 0.717) is 26.0 Å². The molecule has 1 unspecified atom stereocenters. The van der Waals surface area contributed by atoms with Gasteiger partial charge in [-0.2, -0.15) is 0 Å². The van der Waals surface area contributed by atoms with Crippen LogP contribution in [-0.4, -0.2) is 54.4 Å². The van der Waals surface area contributed by atoms with E-state index < -0.39 is 0 Å². The highest BCUT2D eigenvalue weighted by Gasteiger charge is 2.40. The Hall–Kier alpha value is -2.04. The summed E-state index contributed by atoms with van der Waals surface area (Å²) in [6.07, 6.45) is 9.52. The highest BCUT2D eigenvalue weighted by Crippen LogP contribution is 2.36. The summed E-state index contributed by atoms with van der Waals surface area (Å²) >= 11 is 0. The van der Waals surface area contributed by atoms with Crippen molar-refractivity contribution >= 4 is 11.8 Å². The fourth-order valence-electron chi connectivity index (χ4n) is 4.75. The summed E-state index contributed by atoms with van der Waals surface area (Å²) in [6, 6.07) is 9.81. The average Bonchev–Trinajstić information content (AvgIpc) is 2.79. The molecule has 2 saturated heterocycles. The van der Waals surface area contributed by atoms with E-state index in [9.17, 15) is 9.59 Å². The molecule has 5 heteroatoms. The number of hydrogen-bond donors (Lipinski definition) is 0. The minimum atomic E-state index is -0.303. The molecule has 1 atom stereocenters. The molecule has 2 heterocycles. The molecule has 2 aliphatic rings. The van der Waals surface area contributed by atoms with Crippen LogP contribution in [-0.2, 0) is 9.59 Å². The van der Waals surface area contributed by atoms with Gasteiger partial charge in [-0.15, -0.1) is 0 Å². The first-order valence-electron chi connectivity index (χ1n) is 11.9. The summed E-state index contributed by atoms with van der Waals surface area (Å²) in [5.41, 5.74) is -0.303. The number of carbonyl (C=O) groups excluding carboxylic acids is 2. The first-order valence-corrected chi connectivity index (χ1v) is 11.9. The first kappa shape index (κ1) is 22.6. The van der Waals surface area contributed by atoms with Crippen LogP contribution in [0.15, 0.2) is 30.3 Å². The van der Waals surface area contributed by atoms with E-state index in [1.807, 2.05) is 40.1 Å². The molecule has 30 heavy (non-hydrogen) atoms. The van der Waals surface area contributed by atoms with Gasteiger partial charge in [0.1, 0.15) is 5.75 Å². The van der Waals surface area contributed by atoms with Crippen molar-refractivity contribution in [1.82, 2.24) is 9.80 Å². The van der Waals surface area contributed by atoms with Gasteiger partial charge in [-0.1, -0.05) is 38.0 Å². The second kappa shape index (κ2) is 11.4. The lowest BCUT2D eigenvalue weighted by molar-refractivity contribution is -0.142. The van der Waals surface area contributed by atoms with Crippen molar-refractivity contribution in [1.29, 1.82) is 0 Å². The molecule has 0 N–H and O–H groups in total. The normalized spacial score (nSPS) is 22.0. The molecule has 0 saturated carbocycles. The zero-order chi connectivity index (χ0) is 21.2. The zero-order valence-corrected chi connectivity index (χ0v) is 18.6. The Balaban J connectivity index is 1.68. The van der Waals surface area contributed by atoms with Crippen LogP contribution in [0.5, 0.6) is 5.75 Å². The minimum Gasteiger partial charge on any atom is -0.493 e. The van der Waals surface area contributed by atoms with Crippen LogP contribution in [0.1, 0.15) is 71.1 Å². The summed E-state index contributed by atoms with van der Waals surface area (Å²) in [6.45, 7) is 5.81. The maximum absolute atomic E-state index is 13.1. The molecule has 1 aromatic carbocycles. The first-order chi connectivity index (χ1) is 14.6. The largest absolute Gasteiger partial charge is 0.493 e. The molecular formula is C25H38N2O3. The van der Waals surface area contributed by atoms with E-state index in [-0.39, 0.29) is 17.2 Å². The van der Waals surface area contributed by atoms with E-state index in [2.05, 4.69) is 6.92 Å². The highest BCUT2D eigenvalue weighted by molar-refractivity contribution is 5.78. The second-order valence-electron chi connectivity index (χ2n) is 9.10. The Bertz CT molecular complexity index is 672. The summed E-state index contributed by atoms with van der Waals surface area (Å²) in [5.74, 6) is 1.29. The lowest BCUT2D eigenvalue weighted by Gasteiger charge is -2.43. The van der Waals surface area contributed by atoms with Gasteiger partial charge in [0.2, 0.25) is 11.8 Å². The molecule has 3 rings (SSSR count). The maximum atomic E-state index is 13.1. The fraction of sp³-hybridized carbons (Fsp3) is 0.680. The number of para-hydroxylation sites is 1. The summed E-state index contributed by atoms with van der Waals surface area (Å²) in [4.78, 5) is 30.0. The Morgan fingerprint density at radius 1 is 0.933 bits per heavy atom. The Morgan fingerprint density at radius 2 is 1.67 bits per heavy atom. The van der Waals surface area contributed by atoms with Crippen LogP contribution in [0.2, 0.25) is 0 Å². The second-order valence-corrected chi connectivity index (χ2v) is 9.10. The molecule has 0 aromatic heterocycles. The van der Waals surface area contributed by atoms with Crippen LogP contribution in [0.4, 0.5) is 0 Å². The van der Waals surface area contributed by atoms with Gasteiger partial charge in [0.15, 0.2) is 0 Å². The van der Waals surface area contributed by atoms with E-state index in [0.717, 1.165) is 70.3 Å². The van der Waals surface area contributed by atoms with Crippen LogP contribution in [0.25, 0.3) is 0 Å². The van der Waals surface area contributed by atoms with Crippen molar-refractivity contribution in [2.24, 2.45) is 5.41 Å². The lowest BCUT2D eigenvalue weighted by atomic mass is 9.77. The summed E-state index contributed by atoms with van der Waals surface area (Å²) in [5, 5.41) is 0. The Kier molecular flexibility index (Phi) is 8.59. The molecule has 0 aliphatic carbocycles. The number of piperidine rings is 2. The Morgan fingerprint density at radius 3 is 2.40 bits per heavy atom. The van der Waals surface area contributed by atoms with Gasteiger partial charge in [-0.05, 0) is 50.7 Å². The van der Waals surface area contributed by atoms with Crippen LogP contribution in [0.3, 0.4) is 0 Å². The van der Waals surface area contributed by atoms with Crippen LogP contribution >= 0.6 is 0 Å². The van der Waals surface area contributed by atoms with Gasteiger partial charge in [-0.3, -0.25) is 9.59 Å². The lowest BCUT2D eigenvalue weighted by Crippen LogP contribution is -2.51. The number of ether oxygens (including phenoxy) is 1. The van der Waals surface area contributed by atoms with Crippen molar-refractivity contribution < 1.29 is 14.3 Å². The minimum absolute atomic E-state index is 0.228. The Labute approximate surface area is 181 Å². The SMILES string of the molecule is CCCCCC(=O)N1CCCC(COc2ccccc2)(CC(=O)N2CCCCC2)C1. The molecule has 1 aromatic rings. The van der Waals surface area contributed by atoms with Crippen molar-refractivity contribution in [3.05, 3.63) is 30.3 Å². The molecule has 0 spiro atoms. The fourth-order valence-corrected chi connectivity index (χ4v) is 4.75. The third-order valence-corrected chi connectivity index (χ3v) is 6.53. The quantitative estimate of drug-likeness (QED) is 0.552. The van der Waals surface area contributed by atoms with Crippen molar-refractivity contribution in [3.63, 3.8) is 0 Å². The van der Waals surface area contributed by atoms with E-state index in [4.69, 9.17) is 4.74 Å². The van der Waals surface area contributed by atoms with E-state index in [1.165, 1.54) is 6.42 Å². The van der Waals surface area contributed by atoms with Crippen molar-refractivity contribution in [2.75, 3.05) is 32.8 Å². The van der Waals surface area contributed by atoms with Gasteiger partial charge < -0.3 is 14.5 Å². The number of nitrogens with zero attached hydrogens (tertiary/aromatic N) is 2. The number of unbranched alkanes of at least 4 members (excludes halogenated alkanes) is 2. The number of hydrogen-bond acceptors (Lipinski definition) is 3. The van der Waals surface area contributed by atoms with Gasteiger partial charge in [0.05, 0.1) is 6.61 Å². The van der Waals surface area contributed by atoms with Gasteiger partial charge in [-0.25, -0.2) is 0 Å². The van der Waals surface area contributed by atoms with E-state index in [1.54, 1.807) is 0 Å². The number of amides is 2. The predicted molar refractivity (Wildman–Crippen MR) is 119 cm³/mol. The molecular weight excluding hydrogens is 376 g/mol. The third kappa shape index (κ3) is 6.48. The number of rotatable bonds is 9. The molecule has 0 radical (unpaired) electrons. The molecule has 166 valence electrons. The van der Waals surface area contributed by atoms with Gasteiger partial charge in [0.25, 0.3) is 0 Å². The van der Waals surface area contributed by atoms with Crippen LogP contribution in [0, 0.1) is 5.41 Å². The monoisotopic (exact) mass is 414 g/mol. The standard InChI is InChI=1S/C25H38N2O3/c1-2-3-6-14-23(28)27-18-11-15-25(20-27,21-30-22-12-7-4-8-13-22)19-24(29)26-16-9-5-10-17-26/h4,7-8,12-13H,2-3,5-6,9-11,14-21H2,1H3. The third-order valence-electron chi connectivity index (χ3n) is 6.53. The highest BCUT2D eigenvalue weighted by atomic mass is 16.5. The number of benzene rings is 1. The van der Waals surface area contributed by atoms with Crippen molar-refractivity contribution in [2.45, 2.75) is 71.1 Å². The average molecular weight is 415 g/mol. The smallest absolute Gasteiger partial charge is 0.223 e. The maximum Gasteiger partial charge on any atom is 0.223 e. The summed E-state index contributed by atoms with van der Waals surface area (Å²) < 4.78 is 6.15. The molecule has 2 amide bonds. The van der Waals surface area contributed by atoms with Crippen molar-refractivity contribution in [3.8, 4) is 5.75 Å². The molecule has 5 nitrogen and oxygen atoms in total. The van der Waals surface area contributed by atoms with Gasteiger partial charge in [0, 0.05) is 44.4 Å². The molecule has 2 aliphatic heterocycles. The van der Waals surface area contributed by atoms with E-state index >= 15 is 0 Å². The summed E-state index contributed by atoms with van der Waals surface area (Å²) in [7, 11) is 0. The molecule has 0 bridgehead atoms. The van der Waals surface area contributed by atoms with Gasteiger partial charge >= 0.3 is 0 Å². The molecule has 2 fully saturated rings. The number of carbonyl (C=O) groups is 2. The number of likely N-dealkylation sites (tertiary alicyclic amines) is 2. The zero-order valence-electron chi connectivity index (χ0n) is 18.6. The predicted octanol–water partition coefficient (Wildman–Crippen LogP) is 4.66. The topological polar surface area (TPSA) is 49.9 Å².